The minimum atomic E-state index is -0.562. The molecule has 1 amide bonds. The van der Waals surface area contributed by atoms with Crippen molar-refractivity contribution < 1.29 is 14.6 Å². The number of ether oxygens (including phenoxy) is 1. The highest BCUT2D eigenvalue weighted by Gasteiger charge is 2.36. The molecule has 2 unspecified atom stereocenters. The van der Waals surface area contributed by atoms with E-state index in [1.807, 2.05) is 47.1 Å². The molecule has 21 heavy (non-hydrogen) atoms. The van der Waals surface area contributed by atoms with E-state index >= 15 is 0 Å². The van der Waals surface area contributed by atoms with E-state index in [4.69, 9.17) is 4.74 Å². The van der Waals surface area contributed by atoms with Crippen LogP contribution in [0.5, 0.6) is 0 Å². The summed E-state index contributed by atoms with van der Waals surface area (Å²) in [6.07, 6.45) is 0.231. The summed E-state index contributed by atoms with van der Waals surface area (Å²) >= 11 is 0. The zero-order chi connectivity index (χ0) is 15.2. The van der Waals surface area contributed by atoms with Gasteiger partial charge in [0.1, 0.15) is 0 Å². The number of carbonyl (C=O) groups excluding carboxylic acids is 1. The predicted molar refractivity (Wildman–Crippen MR) is 82.3 cm³/mol. The van der Waals surface area contributed by atoms with Crippen LogP contribution in [0.15, 0.2) is 30.3 Å². The van der Waals surface area contributed by atoms with Crippen LogP contribution in [0.1, 0.15) is 13.3 Å². The van der Waals surface area contributed by atoms with Crippen LogP contribution in [0.25, 0.3) is 0 Å². The predicted octanol–water partition coefficient (Wildman–Crippen LogP) is 1.12. The smallest absolute Gasteiger partial charge is 0.244 e. The van der Waals surface area contributed by atoms with Crippen molar-refractivity contribution >= 4 is 11.6 Å². The van der Waals surface area contributed by atoms with Crippen molar-refractivity contribution in [1.82, 2.24) is 4.90 Å². The lowest BCUT2D eigenvalue weighted by Crippen LogP contribution is -2.46. The van der Waals surface area contributed by atoms with Crippen molar-refractivity contribution in [3.8, 4) is 0 Å². The number of para-hydroxylation sites is 1. The third-order valence-electron chi connectivity index (χ3n) is 3.90. The van der Waals surface area contributed by atoms with Crippen molar-refractivity contribution in [2.45, 2.75) is 25.5 Å². The highest BCUT2D eigenvalue weighted by atomic mass is 16.5. The van der Waals surface area contributed by atoms with Gasteiger partial charge in [-0.05, 0) is 25.1 Å². The number of amides is 1. The summed E-state index contributed by atoms with van der Waals surface area (Å²) in [5.74, 6) is 0.118. The van der Waals surface area contributed by atoms with Crippen LogP contribution in [-0.2, 0) is 9.53 Å². The SMILES string of the molecule is CCN(CC(O)COC)C1CCN(c2ccccc2)C1=O. The van der Waals surface area contributed by atoms with Crippen LogP contribution in [0.2, 0.25) is 0 Å². The van der Waals surface area contributed by atoms with Gasteiger partial charge in [0.05, 0.1) is 18.8 Å². The third-order valence-corrected chi connectivity index (χ3v) is 3.90. The quantitative estimate of drug-likeness (QED) is 0.818. The second-order valence-electron chi connectivity index (χ2n) is 5.33. The van der Waals surface area contributed by atoms with Crippen LogP contribution in [0, 0.1) is 0 Å². The first-order chi connectivity index (χ1) is 10.2. The lowest BCUT2D eigenvalue weighted by atomic mass is 10.2. The first kappa shape index (κ1) is 15.9. The average Bonchev–Trinajstić information content (AvgIpc) is 2.88. The molecule has 1 aromatic carbocycles. The van der Waals surface area contributed by atoms with Gasteiger partial charge >= 0.3 is 0 Å². The lowest BCUT2D eigenvalue weighted by molar-refractivity contribution is -0.122. The molecule has 1 saturated heterocycles. The summed E-state index contributed by atoms with van der Waals surface area (Å²) in [6, 6.07) is 9.58. The molecule has 2 atom stereocenters. The molecular formula is C16H24N2O3. The van der Waals surface area contributed by atoms with Gasteiger partial charge in [0, 0.05) is 25.9 Å². The van der Waals surface area contributed by atoms with Gasteiger partial charge in [0.2, 0.25) is 5.91 Å². The molecule has 0 saturated carbocycles. The van der Waals surface area contributed by atoms with Gasteiger partial charge in [-0.3, -0.25) is 9.69 Å². The number of carbonyl (C=O) groups is 1. The number of nitrogens with zero attached hydrogens (tertiary/aromatic N) is 2. The molecule has 0 radical (unpaired) electrons. The number of hydrogen-bond acceptors (Lipinski definition) is 4. The monoisotopic (exact) mass is 292 g/mol. The number of methoxy groups -OCH3 is 1. The summed E-state index contributed by atoms with van der Waals surface area (Å²) in [6.45, 7) is 4.23. The van der Waals surface area contributed by atoms with Crippen LogP contribution < -0.4 is 4.90 Å². The maximum Gasteiger partial charge on any atom is 0.244 e. The average molecular weight is 292 g/mol. The fourth-order valence-electron chi connectivity index (χ4n) is 2.86. The van der Waals surface area contributed by atoms with Gasteiger partial charge in [-0.15, -0.1) is 0 Å². The molecule has 0 aromatic heterocycles. The Morgan fingerprint density at radius 2 is 2.14 bits per heavy atom. The second-order valence-corrected chi connectivity index (χ2v) is 5.33. The first-order valence-corrected chi connectivity index (χ1v) is 7.44. The van der Waals surface area contributed by atoms with E-state index in [1.165, 1.54) is 0 Å². The minimum Gasteiger partial charge on any atom is -0.389 e. The topological polar surface area (TPSA) is 53.0 Å². The normalized spacial score (nSPS) is 20.3. The van der Waals surface area contributed by atoms with Crippen LogP contribution in [0.3, 0.4) is 0 Å². The molecule has 1 N–H and O–H groups in total. The molecule has 5 heteroatoms. The fourth-order valence-corrected chi connectivity index (χ4v) is 2.86. The molecule has 5 nitrogen and oxygen atoms in total. The van der Waals surface area contributed by atoms with E-state index < -0.39 is 6.10 Å². The van der Waals surface area contributed by atoms with Crippen molar-refractivity contribution in [3.05, 3.63) is 30.3 Å². The molecule has 1 heterocycles. The molecule has 2 rings (SSSR count). The van der Waals surface area contributed by atoms with E-state index in [-0.39, 0.29) is 11.9 Å². The Hall–Kier alpha value is -1.43. The largest absolute Gasteiger partial charge is 0.389 e. The molecule has 1 aliphatic rings. The van der Waals surface area contributed by atoms with E-state index in [2.05, 4.69) is 0 Å². The Morgan fingerprint density at radius 1 is 1.43 bits per heavy atom. The molecule has 0 spiro atoms. The minimum absolute atomic E-state index is 0.118. The number of aliphatic hydroxyl groups excluding tert-OH is 1. The van der Waals surface area contributed by atoms with Crippen LogP contribution in [0.4, 0.5) is 5.69 Å². The first-order valence-electron chi connectivity index (χ1n) is 7.44. The van der Waals surface area contributed by atoms with Gasteiger partial charge < -0.3 is 14.7 Å². The highest BCUT2D eigenvalue weighted by molar-refractivity contribution is 5.99. The van der Waals surface area contributed by atoms with E-state index in [0.29, 0.717) is 13.2 Å². The summed E-state index contributed by atoms with van der Waals surface area (Å²) in [4.78, 5) is 16.5. The Kier molecular flexibility index (Phi) is 5.73. The maximum atomic E-state index is 12.6. The molecular weight excluding hydrogens is 268 g/mol. The van der Waals surface area contributed by atoms with Gasteiger partial charge in [0.15, 0.2) is 0 Å². The van der Waals surface area contributed by atoms with Crippen LogP contribution in [-0.4, -0.2) is 61.4 Å². The van der Waals surface area contributed by atoms with E-state index in [1.54, 1.807) is 7.11 Å². The summed E-state index contributed by atoms with van der Waals surface area (Å²) < 4.78 is 4.96. The fraction of sp³-hybridized carbons (Fsp3) is 0.562. The van der Waals surface area contributed by atoms with Crippen LogP contribution >= 0.6 is 0 Å². The number of benzene rings is 1. The standard InChI is InChI=1S/C16H24N2O3/c1-3-17(11-14(19)12-21-2)15-9-10-18(16(15)20)13-7-5-4-6-8-13/h4-8,14-15,19H,3,9-12H2,1-2H3. The Morgan fingerprint density at radius 3 is 2.76 bits per heavy atom. The zero-order valence-corrected chi connectivity index (χ0v) is 12.7. The van der Waals surface area contributed by atoms with Gasteiger partial charge in [-0.1, -0.05) is 25.1 Å². The Labute approximate surface area is 126 Å². The lowest BCUT2D eigenvalue weighted by Gasteiger charge is -2.28. The number of rotatable bonds is 7. The van der Waals surface area contributed by atoms with Crippen molar-refractivity contribution in [2.75, 3.05) is 38.3 Å². The summed E-state index contributed by atoms with van der Waals surface area (Å²) in [5, 5.41) is 9.89. The summed E-state index contributed by atoms with van der Waals surface area (Å²) in [5.41, 5.74) is 0.943. The number of hydrogen-bond donors (Lipinski definition) is 1. The second kappa shape index (κ2) is 7.54. The molecule has 1 aliphatic heterocycles. The number of anilines is 1. The Bertz CT molecular complexity index is 452. The van der Waals surface area contributed by atoms with Crippen molar-refractivity contribution in [3.63, 3.8) is 0 Å². The number of aliphatic hydroxyl groups is 1. The van der Waals surface area contributed by atoms with Crippen molar-refractivity contribution in [1.29, 1.82) is 0 Å². The highest BCUT2D eigenvalue weighted by Crippen LogP contribution is 2.24. The third kappa shape index (κ3) is 3.81. The molecule has 1 aromatic rings. The molecule has 0 bridgehead atoms. The molecule has 0 aliphatic carbocycles. The van der Waals surface area contributed by atoms with Crippen molar-refractivity contribution in [2.24, 2.45) is 0 Å². The summed E-state index contributed by atoms with van der Waals surface area (Å²) in [7, 11) is 1.57. The molecule has 116 valence electrons. The zero-order valence-electron chi connectivity index (χ0n) is 12.7. The van der Waals surface area contributed by atoms with Gasteiger partial charge in [0.25, 0.3) is 0 Å². The van der Waals surface area contributed by atoms with Gasteiger partial charge in [-0.25, -0.2) is 0 Å². The van der Waals surface area contributed by atoms with E-state index in [9.17, 15) is 9.90 Å². The maximum absolute atomic E-state index is 12.6. The Balaban J connectivity index is 2.02. The van der Waals surface area contributed by atoms with E-state index in [0.717, 1.165) is 25.2 Å². The number of likely N-dealkylation sites (N-methyl/N-ethyl adjacent to an activating group) is 1. The van der Waals surface area contributed by atoms with Gasteiger partial charge in [-0.2, -0.15) is 0 Å². The molecule has 1 fully saturated rings.